The molecular weight excluding hydrogens is 401 g/mol. The monoisotopic (exact) mass is 421 g/mol. The summed E-state index contributed by atoms with van der Waals surface area (Å²) >= 11 is 0. The minimum Gasteiger partial charge on any atom is -0.493 e. The molecule has 8 nitrogen and oxygen atoms in total. The lowest BCUT2D eigenvalue weighted by molar-refractivity contribution is 0.355. The third-order valence-corrected chi connectivity index (χ3v) is 4.60. The van der Waals surface area contributed by atoms with Crippen molar-refractivity contribution in [1.82, 2.24) is 15.0 Å². The summed E-state index contributed by atoms with van der Waals surface area (Å²) in [6, 6.07) is 12.7. The molecule has 4 aromatic rings. The van der Waals surface area contributed by atoms with E-state index in [9.17, 15) is 4.39 Å². The van der Waals surface area contributed by atoms with Gasteiger partial charge in [-0.25, -0.2) is 14.4 Å². The zero-order valence-corrected chi connectivity index (χ0v) is 17.2. The molecule has 2 aromatic heterocycles. The quantitative estimate of drug-likeness (QED) is 0.455. The number of anilines is 4. The first kappa shape index (κ1) is 20.1. The van der Waals surface area contributed by atoms with E-state index in [2.05, 4.69) is 20.3 Å². The largest absolute Gasteiger partial charge is 0.493 e. The van der Waals surface area contributed by atoms with Gasteiger partial charge in [0.25, 0.3) is 0 Å². The fraction of sp³-hybridized carbons (Fsp3) is 0.136. The highest BCUT2D eigenvalue weighted by atomic mass is 19.1. The highest BCUT2D eigenvalue weighted by Gasteiger charge is 2.16. The van der Waals surface area contributed by atoms with Crippen LogP contribution in [0.1, 0.15) is 0 Å². The number of nitrogens with one attached hydrogen (secondary N) is 1. The molecule has 0 aliphatic heterocycles. The molecule has 0 amide bonds. The van der Waals surface area contributed by atoms with Crippen LogP contribution in [0.2, 0.25) is 0 Å². The van der Waals surface area contributed by atoms with Crippen LogP contribution in [0.5, 0.6) is 11.5 Å². The molecular formula is C22H20FN5O3. The van der Waals surface area contributed by atoms with E-state index < -0.39 is 5.82 Å². The lowest BCUT2D eigenvalue weighted by Crippen LogP contribution is -2.15. The van der Waals surface area contributed by atoms with Crippen molar-refractivity contribution < 1.29 is 18.3 Å². The second kappa shape index (κ2) is 8.70. The van der Waals surface area contributed by atoms with Gasteiger partial charge in [-0.2, -0.15) is 4.98 Å². The molecule has 0 saturated heterocycles. The van der Waals surface area contributed by atoms with Crippen molar-refractivity contribution in [2.45, 2.75) is 0 Å². The average Bonchev–Trinajstić information content (AvgIpc) is 3.35. The van der Waals surface area contributed by atoms with Crippen molar-refractivity contribution in [3.05, 3.63) is 66.9 Å². The Hall–Kier alpha value is -4.14. The predicted octanol–water partition coefficient (Wildman–Crippen LogP) is 4.80. The van der Waals surface area contributed by atoms with Gasteiger partial charge in [0, 0.05) is 30.1 Å². The number of nitrogens with zero attached hydrogens (tertiary/aromatic N) is 4. The number of aromatic nitrogens is 3. The topological polar surface area (TPSA) is 85.5 Å². The normalized spacial score (nSPS) is 10.6. The van der Waals surface area contributed by atoms with Gasteiger partial charge in [0.05, 0.1) is 26.6 Å². The zero-order chi connectivity index (χ0) is 21.8. The summed E-state index contributed by atoms with van der Waals surface area (Å²) in [5.74, 6) is 1.40. The van der Waals surface area contributed by atoms with Crippen molar-refractivity contribution in [3.8, 4) is 23.0 Å². The number of methoxy groups -OCH3 is 2. The van der Waals surface area contributed by atoms with Gasteiger partial charge in [-0.05, 0) is 30.3 Å². The predicted molar refractivity (Wildman–Crippen MR) is 115 cm³/mol. The van der Waals surface area contributed by atoms with Crippen LogP contribution >= 0.6 is 0 Å². The number of oxazole rings is 1. The SMILES string of the molecule is COc1ccc(N(C)c2nc(Nc3cccc(-c4ncco4)c3)ncc2F)cc1OC. The van der Waals surface area contributed by atoms with Crippen LogP contribution < -0.4 is 19.7 Å². The van der Waals surface area contributed by atoms with Crippen LogP contribution in [-0.2, 0) is 0 Å². The van der Waals surface area contributed by atoms with Crippen LogP contribution in [0.3, 0.4) is 0 Å². The number of halogens is 1. The van der Waals surface area contributed by atoms with Crippen molar-refractivity contribution in [2.75, 3.05) is 31.5 Å². The highest BCUT2D eigenvalue weighted by Crippen LogP contribution is 2.34. The lowest BCUT2D eigenvalue weighted by atomic mass is 10.2. The smallest absolute Gasteiger partial charge is 0.229 e. The van der Waals surface area contributed by atoms with Crippen LogP contribution in [0, 0.1) is 5.82 Å². The molecule has 2 heterocycles. The van der Waals surface area contributed by atoms with E-state index >= 15 is 0 Å². The molecule has 0 unspecified atom stereocenters. The third kappa shape index (κ3) is 4.25. The Bertz CT molecular complexity index is 1180. The van der Waals surface area contributed by atoms with Crippen molar-refractivity contribution in [1.29, 1.82) is 0 Å². The molecule has 0 bridgehead atoms. The van der Waals surface area contributed by atoms with Gasteiger partial charge >= 0.3 is 0 Å². The number of rotatable bonds is 7. The molecule has 158 valence electrons. The molecule has 9 heteroatoms. The molecule has 4 rings (SSSR count). The summed E-state index contributed by atoms with van der Waals surface area (Å²) < 4.78 is 30.5. The Morgan fingerprint density at radius 3 is 2.61 bits per heavy atom. The first-order valence-corrected chi connectivity index (χ1v) is 9.34. The van der Waals surface area contributed by atoms with E-state index in [-0.39, 0.29) is 11.8 Å². The molecule has 0 aliphatic carbocycles. The Morgan fingerprint density at radius 1 is 1.03 bits per heavy atom. The number of benzene rings is 2. The van der Waals surface area contributed by atoms with Crippen molar-refractivity contribution in [3.63, 3.8) is 0 Å². The maximum absolute atomic E-state index is 14.6. The van der Waals surface area contributed by atoms with Gasteiger partial charge in [0.15, 0.2) is 23.1 Å². The molecule has 0 spiro atoms. The summed E-state index contributed by atoms with van der Waals surface area (Å²) in [6.45, 7) is 0. The Morgan fingerprint density at radius 2 is 1.87 bits per heavy atom. The minimum absolute atomic E-state index is 0.105. The minimum atomic E-state index is -0.559. The average molecular weight is 421 g/mol. The zero-order valence-electron chi connectivity index (χ0n) is 17.2. The highest BCUT2D eigenvalue weighted by molar-refractivity contribution is 5.67. The lowest BCUT2D eigenvalue weighted by Gasteiger charge is -2.20. The maximum atomic E-state index is 14.6. The second-order valence-electron chi connectivity index (χ2n) is 6.51. The van der Waals surface area contributed by atoms with E-state index in [1.54, 1.807) is 50.6 Å². The maximum Gasteiger partial charge on any atom is 0.229 e. The van der Waals surface area contributed by atoms with Crippen molar-refractivity contribution in [2.24, 2.45) is 0 Å². The van der Waals surface area contributed by atoms with Crippen molar-refractivity contribution >= 4 is 23.1 Å². The van der Waals surface area contributed by atoms with E-state index in [1.165, 1.54) is 6.26 Å². The molecule has 0 saturated carbocycles. The summed E-state index contributed by atoms with van der Waals surface area (Å²) in [4.78, 5) is 14.2. The molecule has 0 aliphatic rings. The third-order valence-electron chi connectivity index (χ3n) is 4.60. The van der Waals surface area contributed by atoms with Gasteiger partial charge in [-0.15, -0.1) is 0 Å². The Labute approximate surface area is 178 Å². The van der Waals surface area contributed by atoms with Gasteiger partial charge in [0.1, 0.15) is 6.26 Å². The van der Waals surface area contributed by atoms with Crippen LogP contribution in [0.4, 0.5) is 27.5 Å². The molecule has 0 atom stereocenters. The summed E-state index contributed by atoms with van der Waals surface area (Å²) in [6.07, 6.45) is 4.21. The molecule has 1 N–H and O–H groups in total. The van der Waals surface area contributed by atoms with Crippen LogP contribution in [0.25, 0.3) is 11.5 Å². The fourth-order valence-corrected chi connectivity index (χ4v) is 3.03. The summed E-state index contributed by atoms with van der Waals surface area (Å²) in [5, 5.41) is 3.09. The van der Waals surface area contributed by atoms with Gasteiger partial charge in [0.2, 0.25) is 11.8 Å². The fourth-order valence-electron chi connectivity index (χ4n) is 3.03. The van der Waals surface area contributed by atoms with E-state index in [0.29, 0.717) is 28.8 Å². The van der Waals surface area contributed by atoms with Gasteiger partial charge < -0.3 is 24.1 Å². The first-order valence-electron chi connectivity index (χ1n) is 9.34. The van der Waals surface area contributed by atoms with E-state index in [4.69, 9.17) is 13.9 Å². The second-order valence-corrected chi connectivity index (χ2v) is 6.51. The van der Waals surface area contributed by atoms with Crippen LogP contribution in [0.15, 0.2) is 65.5 Å². The molecule has 2 aromatic carbocycles. The molecule has 31 heavy (non-hydrogen) atoms. The molecule has 0 radical (unpaired) electrons. The van der Waals surface area contributed by atoms with Gasteiger partial charge in [-0.3, -0.25) is 0 Å². The number of ether oxygens (including phenoxy) is 2. The number of hydrogen-bond acceptors (Lipinski definition) is 8. The first-order chi connectivity index (χ1) is 15.1. The standard InChI is InChI=1S/C22H20FN5O3/c1-28(16-7-8-18(29-2)19(12-16)30-3)20-17(23)13-25-22(27-20)26-15-6-4-5-14(11-15)21-24-9-10-31-21/h4-13H,1-3H3,(H,25,26,27). The Kier molecular flexibility index (Phi) is 5.65. The Balaban J connectivity index is 1.61. The summed E-state index contributed by atoms with van der Waals surface area (Å²) in [7, 11) is 4.81. The summed E-state index contributed by atoms with van der Waals surface area (Å²) in [5.41, 5.74) is 2.17. The van der Waals surface area contributed by atoms with E-state index in [0.717, 1.165) is 11.8 Å². The number of hydrogen-bond donors (Lipinski definition) is 1. The molecule has 0 fully saturated rings. The van der Waals surface area contributed by atoms with E-state index in [1.807, 2.05) is 24.3 Å². The van der Waals surface area contributed by atoms with Gasteiger partial charge in [-0.1, -0.05) is 6.07 Å². The van der Waals surface area contributed by atoms with Crippen LogP contribution in [-0.4, -0.2) is 36.2 Å².